The molecule has 0 bridgehead atoms. The topological polar surface area (TPSA) is 41.6 Å². The highest BCUT2D eigenvalue weighted by atomic mass is 15.0. The molecule has 148 valence electrons. The van der Waals surface area contributed by atoms with Crippen LogP contribution in [-0.2, 0) is 10.8 Å². The molecule has 4 aromatic rings. The fourth-order valence-corrected chi connectivity index (χ4v) is 3.54. The van der Waals surface area contributed by atoms with Crippen molar-refractivity contribution in [2.75, 3.05) is 0 Å². The zero-order valence-corrected chi connectivity index (χ0v) is 18.2. The van der Waals surface area contributed by atoms with Crippen LogP contribution in [0.4, 0.5) is 0 Å². The van der Waals surface area contributed by atoms with Crippen molar-refractivity contribution >= 4 is 11.0 Å². The lowest BCUT2D eigenvalue weighted by Gasteiger charge is -2.19. The highest BCUT2D eigenvalue weighted by Gasteiger charge is 2.17. The molecule has 0 atom stereocenters. The summed E-state index contributed by atoms with van der Waals surface area (Å²) in [6, 6.07) is 19.4. The van der Waals surface area contributed by atoms with Gasteiger partial charge in [0.1, 0.15) is 5.65 Å². The Morgan fingerprint density at radius 1 is 0.621 bits per heavy atom. The summed E-state index contributed by atoms with van der Waals surface area (Å²) < 4.78 is 0. The molecule has 3 heteroatoms. The fraction of sp³-hybridized carbons (Fsp3) is 0.308. The molecule has 0 fully saturated rings. The van der Waals surface area contributed by atoms with Gasteiger partial charge in [0.2, 0.25) is 0 Å². The van der Waals surface area contributed by atoms with Crippen molar-refractivity contribution in [1.29, 1.82) is 0 Å². The van der Waals surface area contributed by atoms with Crippen LogP contribution in [0.5, 0.6) is 0 Å². The van der Waals surface area contributed by atoms with Gasteiger partial charge in [-0.3, -0.25) is 0 Å². The SMILES string of the molecule is CC(C)(C)c1ccc(-c2nc(-c3ccc(C(C)(C)C)cc3)c3cc[nH]c3n2)cc1. The third-order valence-corrected chi connectivity index (χ3v) is 5.45. The van der Waals surface area contributed by atoms with Gasteiger partial charge in [0.05, 0.1) is 5.69 Å². The summed E-state index contributed by atoms with van der Waals surface area (Å²) in [6.07, 6.45) is 1.93. The number of rotatable bonds is 2. The van der Waals surface area contributed by atoms with E-state index in [1.165, 1.54) is 11.1 Å². The molecule has 0 saturated heterocycles. The molecule has 29 heavy (non-hydrogen) atoms. The van der Waals surface area contributed by atoms with Gasteiger partial charge in [-0.15, -0.1) is 0 Å². The standard InChI is InChI=1S/C26H29N3/c1-25(2,3)19-11-7-17(8-12-19)22-21-15-16-27-24(21)29-23(28-22)18-9-13-20(14-10-18)26(4,5)6/h7-16H,1-6H3,(H,27,28,29). The molecule has 0 aliphatic carbocycles. The first-order chi connectivity index (χ1) is 13.6. The Morgan fingerprint density at radius 2 is 1.14 bits per heavy atom. The maximum Gasteiger partial charge on any atom is 0.162 e. The van der Waals surface area contributed by atoms with Crippen molar-refractivity contribution in [3.8, 4) is 22.6 Å². The molecule has 0 aliphatic rings. The number of hydrogen-bond acceptors (Lipinski definition) is 2. The van der Waals surface area contributed by atoms with Crippen LogP contribution < -0.4 is 0 Å². The molecular formula is C26H29N3. The molecule has 0 aliphatic heterocycles. The van der Waals surface area contributed by atoms with Gasteiger partial charge in [-0.25, -0.2) is 9.97 Å². The molecule has 0 amide bonds. The normalized spacial score (nSPS) is 12.5. The summed E-state index contributed by atoms with van der Waals surface area (Å²) in [5.41, 5.74) is 6.85. The van der Waals surface area contributed by atoms with Crippen LogP contribution in [0.3, 0.4) is 0 Å². The Balaban J connectivity index is 1.81. The second-order valence-electron chi connectivity index (χ2n) is 9.79. The van der Waals surface area contributed by atoms with Crippen LogP contribution in [-0.4, -0.2) is 15.0 Å². The lowest BCUT2D eigenvalue weighted by Crippen LogP contribution is -2.10. The molecule has 0 saturated carbocycles. The Morgan fingerprint density at radius 3 is 1.66 bits per heavy atom. The maximum atomic E-state index is 4.97. The quantitative estimate of drug-likeness (QED) is 0.409. The Kier molecular flexibility index (Phi) is 4.57. The Bertz CT molecular complexity index is 1140. The first-order valence-electron chi connectivity index (χ1n) is 10.2. The number of nitrogens with zero attached hydrogens (tertiary/aromatic N) is 2. The minimum absolute atomic E-state index is 0.128. The van der Waals surface area contributed by atoms with Crippen molar-refractivity contribution in [3.63, 3.8) is 0 Å². The van der Waals surface area contributed by atoms with Gasteiger partial charge < -0.3 is 4.98 Å². The van der Waals surface area contributed by atoms with Crippen molar-refractivity contribution in [2.45, 2.75) is 52.4 Å². The van der Waals surface area contributed by atoms with Gasteiger partial charge in [-0.05, 0) is 28.0 Å². The largest absolute Gasteiger partial charge is 0.346 e. The Labute approximate surface area is 173 Å². The molecule has 2 aromatic heterocycles. The summed E-state index contributed by atoms with van der Waals surface area (Å²) in [5.74, 6) is 0.746. The van der Waals surface area contributed by atoms with Crippen molar-refractivity contribution in [1.82, 2.24) is 15.0 Å². The van der Waals surface area contributed by atoms with Gasteiger partial charge >= 0.3 is 0 Å². The van der Waals surface area contributed by atoms with Crippen LogP contribution in [0.1, 0.15) is 52.7 Å². The summed E-state index contributed by atoms with van der Waals surface area (Å²) in [6.45, 7) is 13.4. The van der Waals surface area contributed by atoms with Gasteiger partial charge in [0, 0.05) is 22.7 Å². The maximum absolute atomic E-state index is 4.97. The van der Waals surface area contributed by atoms with Gasteiger partial charge in [0.25, 0.3) is 0 Å². The lowest BCUT2D eigenvalue weighted by atomic mass is 9.86. The Hall–Kier alpha value is -2.94. The molecule has 1 N–H and O–H groups in total. The zero-order chi connectivity index (χ0) is 20.8. The van der Waals surface area contributed by atoms with Gasteiger partial charge in [-0.1, -0.05) is 90.1 Å². The number of hydrogen-bond donors (Lipinski definition) is 1. The van der Waals surface area contributed by atoms with E-state index in [4.69, 9.17) is 9.97 Å². The molecule has 2 heterocycles. The average Bonchev–Trinajstić information content (AvgIpc) is 3.15. The second kappa shape index (κ2) is 6.84. The number of aromatic nitrogens is 3. The number of nitrogens with one attached hydrogen (secondary N) is 1. The van der Waals surface area contributed by atoms with Crippen LogP contribution >= 0.6 is 0 Å². The van der Waals surface area contributed by atoms with Crippen molar-refractivity contribution in [3.05, 3.63) is 71.9 Å². The number of H-pyrrole nitrogens is 1. The van der Waals surface area contributed by atoms with E-state index in [0.717, 1.165) is 33.7 Å². The van der Waals surface area contributed by atoms with E-state index in [1.807, 2.05) is 6.20 Å². The van der Waals surface area contributed by atoms with Crippen molar-refractivity contribution in [2.24, 2.45) is 0 Å². The summed E-state index contributed by atoms with van der Waals surface area (Å²) in [4.78, 5) is 13.0. The predicted molar refractivity (Wildman–Crippen MR) is 122 cm³/mol. The highest BCUT2D eigenvalue weighted by Crippen LogP contribution is 2.31. The minimum Gasteiger partial charge on any atom is -0.346 e. The van der Waals surface area contributed by atoms with Crippen LogP contribution in [0.2, 0.25) is 0 Å². The molecule has 2 aromatic carbocycles. The molecular weight excluding hydrogens is 354 g/mol. The lowest BCUT2D eigenvalue weighted by molar-refractivity contribution is 0.590. The second-order valence-corrected chi connectivity index (χ2v) is 9.79. The number of benzene rings is 2. The predicted octanol–water partition coefficient (Wildman–Crippen LogP) is 6.89. The third kappa shape index (κ3) is 3.82. The monoisotopic (exact) mass is 383 g/mol. The van der Waals surface area contributed by atoms with Crippen LogP contribution in [0.25, 0.3) is 33.7 Å². The summed E-state index contributed by atoms with van der Waals surface area (Å²) in [7, 11) is 0. The zero-order valence-electron chi connectivity index (χ0n) is 18.2. The fourth-order valence-electron chi connectivity index (χ4n) is 3.54. The highest BCUT2D eigenvalue weighted by molar-refractivity contribution is 5.92. The molecule has 3 nitrogen and oxygen atoms in total. The summed E-state index contributed by atoms with van der Waals surface area (Å²) >= 11 is 0. The van der Waals surface area contributed by atoms with E-state index >= 15 is 0 Å². The molecule has 0 radical (unpaired) electrons. The van der Waals surface area contributed by atoms with Gasteiger partial charge in [-0.2, -0.15) is 0 Å². The van der Waals surface area contributed by atoms with Crippen LogP contribution in [0.15, 0.2) is 60.8 Å². The van der Waals surface area contributed by atoms with E-state index in [1.54, 1.807) is 0 Å². The first kappa shape index (κ1) is 19.4. The van der Waals surface area contributed by atoms with E-state index < -0.39 is 0 Å². The number of aromatic amines is 1. The van der Waals surface area contributed by atoms with E-state index in [0.29, 0.717) is 0 Å². The molecule has 4 rings (SSSR count). The van der Waals surface area contributed by atoms with Gasteiger partial charge in [0.15, 0.2) is 5.82 Å². The minimum atomic E-state index is 0.128. The van der Waals surface area contributed by atoms with Crippen molar-refractivity contribution < 1.29 is 0 Å². The summed E-state index contributed by atoms with van der Waals surface area (Å²) in [5, 5.41) is 1.04. The molecule has 0 spiro atoms. The molecule has 0 unspecified atom stereocenters. The van der Waals surface area contributed by atoms with E-state index in [2.05, 4.69) is 101 Å². The third-order valence-electron chi connectivity index (χ3n) is 5.45. The van der Waals surface area contributed by atoms with E-state index in [-0.39, 0.29) is 10.8 Å². The van der Waals surface area contributed by atoms with Crippen LogP contribution in [0, 0.1) is 0 Å². The van der Waals surface area contributed by atoms with E-state index in [9.17, 15) is 0 Å². The smallest absolute Gasteiger partial charge is 0.162 e. The number of fused-ring (bicyclic) bond motifs is 1. The average molecular weight is 384 g/mol. The first-order valence-corrected chi connectivity index (χ1v) is 10.2.